The lowest BCUT2D eigenvalue weighted by atomic mass is 10.1. The Morgan fingerprint density at radius 1 is 1.00 bits per heavy atom. The van der Waals surface area contributed by atoms with Crippen molar-refractivity contribution >= 4 is 10.0 Å². The number of hydrogen-bond acceptors (Lipinski definition) is 4. The maximum atomic E-state index is 13.1. The molecule has 0 bridgehead atoms. The largest absolute Gasteiger partial charge is 0.497 e. The summed E-state index contributed by atoms with van der Waals surface area (Å²) in [5, 5.41) is 0. The second kappa shape index (κ2) is 6.93. The summed E-state index contributed by atoms with van der Waals surface area (Å²) in [4.78, 5) is 2.46. The first-order chi connectivity index (χ1) is 11.5. The highest BCUT2D eigenvalue weighted by molar-refractivity contribution is 7.89. The average molecular weight is 346 g/mol. The molecule has 1 atom stereocenters. The standard InChI is InChI=1S/C18H22N2O3S/c1-19-12-13-20(18(14-19)15-6-4-3-5-7-15)24(21,22)17-10-8-16(23-2)9-11-17/h3-11,18H,12-14H2,1-2H3/t18-/m0/s1. The molecule has 0 unspecified atom stereocenters. The van der Waals surface area contributed by atoms with Crippen LogP contribution in [0.1, 0.15) is 11.6 Å². The monoisotopic (exact) mass is 346 g/mol. The molecule has 0 radical (unpaired) electrons. The number of likely N-dealkylation sites (N-methyl/N-ethyl adjacent to an activating group) is 1. The Kier molecular flexibility index (Phi) is 4.89. The molecular weight excluding hydrogens is 324 g/mol. The van der Waals surface area contributed by atoms with E-state index in [0.717, 1.165) is 12.1 Å². The van der Waals surface area contributed by atoms with Crippen LogP contribution >= 0.6 is 0 Å². The predicted molar refractivity (Wildman–Crippen MR) is 93.6 cm³/mol. The van der Waals surface area contributed by atoms with E-state index >= 15 is 0 Å². The quantitative estimate of drug-likeness (QED) is 0.853. The van der Waals surface area contributed by atoms with Crippen molar-refractivity contribution in [2.24, 2.45) is 0 Å². The van der Waals surface area contributed by atoms with E-state index in [-0.39, 0.29) is 6.04 Å². The summed E-state index contributed by atoms with van der Waals surface area (Å²) in [6.45, 7) is 1.88. The van der Waals surface area contributed by atoms with Gasteiger partial charge < -0.3 is 9.64 Å². The SMILES string of the molecule is COc1ccc(S(=O)(=O)N2CCN(C)C[C@H]2c2ccccc2)cc1. The molecule has 24 heavy (non-hydrogen) atoms. The van der Waals surface area contributed by atoms with Crippen molar-refractivity contribution < 1.29 is 13.2 Å². The van der Waals surface area contributed by atoms with Crippen molar-refractivity contribution in [1.82, 2.24) is 9.21 Å². The number of rotatable bonds is 4. The van der Waals surface area contributed by atoms with E-state index in [1.807, 2.05) is 37.4 Å². The fourth-order valence-corrected chi connectivity index (χ4v) is 4.62. The lowest BCUT2D eigenvalue weighted by Crippen LogP contribution is -2.49. The molecule has 0 saturated carbocycles. The Morgan fingerprint density at radius 3 is 2.29 bits per heavy atom. The van der Waals surface area contributed by atoms with Crippen LogP contribution in [0.5, 0.6) is 5.75 Å². The van der Waals surface area contributed by atoms with Crippen LogP contribution in [0, 0.1) is 0 Å². The smallest absolute Gasteiger partial charge is 0.243 e. The number of sulfonamides is 1. The summed E-state index contributed by atoms with van der Waals surface area (Å²) in [5.74, 6) is 0.645. The molecule has 5 nitrogen and oxygen atoms in total. The van der Waals surface area contributed by atoms with Crippen LogP contribution in [0.4, 0.5) is 0 Å². The number of hydrogen-bond donors (Lipinski definition) is 0. The van der Waals surface area contributed by atoms with Gasteiger partial charge in [0.1, 0.15) is 5.75 Å². The van der Waals surface area contributed by atoms with Crippen LogP contribution in [-0.4, -0.2) is 51.4 Å². The summed E-state index contributed by atoms with van der Waals surface area (Å²) in [6.07, 6.45) is 0. The Bertz CT molecular complexity index is 776. The highest BCUT2D eigenvalue weighted by Crippen LogP contribution is 2.31. The van der Waals surface area contributed by atoms with Gasteiger partial charge in [-0.3, -0.25) is 0 Å². The molecule has 6 heteroatoms. The highest BCUT2D eigenvalue weighted by Gasteiger charge is 2.35. The Hall–Kier alpha value is -1.89. The summed E-state index contributed by atoms with van der Waals surface area (Å²) in [6, 6.07) is 16.2. The van der Waals surface area contributed by atoms with Crippen LogP contribution in [-0.2, 0) is 10.0 Å². The van der Waals surface area contributed by atoms with Gasteiger partial charge in [0.15, 0.2) is 0 Å². The van der Waals surface area contributed by atoms with Crippen molar-refractivity contribution in [2.45, 2.75) is 10.9 Å². The Morgan fingerprint density at radius 2 is 1.67 bits per heavy atom. The molecule has 2 aromatic rings. The normalized spacial score (nSPS) is 20.0. The Balaban J connectivity index is 1.97. The molecule has 0 N–H and O–H groups in total. The van der Waals surface area contributed by atoms with Crippen LogP contribution in [0.25, 0.3) is 0 Å². The third kappa shape index (κ3) is 3.31. The zero-order chi connectivity index (χ0) is 17.2. The summed E-state index contributed by atoms with van der Waals surface area (Å²) >= 11 is 0. The van der Waals surface area contributed by atoms with Gasteiger partial charge in [0.05, 0.1) is 18.0 Å². The number of ether oxygens (including phenoxy) is 1. The van der Waals surface area contributed by atoms with E-state index in [2.05, 4.69) is 4.90 Å². The molecular formula is C18H22N2O3S. The van der Waals surface area contributed by atoms with E-state index in [1.54, 1.807) is 35.7 Å². The second-order valence-electron chi connectivity index (χ2n) is 5.98. The molecule has 0 amide bonds. The van der Waals surface area contributed by atoms with Crippen LogP contribution in [0.3, 0.4) is 0 Å². The van der Waals surface area contributed by atoms with Crippen molar-refractivity contribution in [2.75, 3.05) is 33.8 Å². The number of methoxy groups -OCH3 is 1. The summed E-state index contributed by atoms with van der Waals surface area (Å²) in [7, 11) is 0.0294. The summed E-state index contributed by atoms with van der Waals surface area (Å²) < 4.78 is 33.0. The van der Waals surface area contributed by atoms with Gasteiger partial charge in [0.2, 0.25) is 10.0 Å². The minimum absolute atomic E-state index is 0.183. The summed E-state index contributed by atoms with van der Waals surface area (Å²) in [5.41, 5.74) is 1.01. The molecule has 1 aliphatic rings. The van der Waals surface area contributed by atoms with E-state index in [0.29, 0.717) is 23.7 Å². The molecule has 128 valence electrons. The van der Waals surface area contributed by atoms with Gasteiger partial charge in [0, 0.05) is 19.6 Å². The number of benzene rings is 2. The predicted octanol–water partition coefficient (Wildman–Crippen LogP) is 2.37. The first kappa shape index (κ1) is 17.0. The first-order valence-electron chi connectivity index (χ1n) is 7.92. The van der Waals surface area contributed by atoms with Gasteiger partial charge in [-0.05, 0) is 36.9 Å². The Labute approximate surface area is 143 Å². The molecule has 1 saturated heterocycles. The third-order valence-corrected chi connectivity index (χ3v) is 6.31. The van der Waals surface area contributed by atoms with Crippen molar-refractivity contribution in [3.63, 3.8) is 0 Å². The van der Waals surface area contributed by atoms with Gasteiger partial charge in [-0.1, -0.05) is 30.3 Å². The number of nitrogens with zero attached hydrogens (tertiary/aromatic N) is 2. The molecule has 1 aliphatic heterocycles. The second-order valence-corrected chi connectivity index (χ2v) is 7.87. The zero-order valence-electron chi connectivity index (χ0n) is 13.9. The first-order valence-corrected chi connectivity index (χ1v) is 9.36. The molecule has 0 aromatic heterocycles. The minimum atomic E-state index is -3.56. The van der Waals surface area contributed by atoms with E-state index in [9.17, 15) is 8.42 Å². The van der Waals surface area contributed by atoms with Gasteiger partial charge in [0.25, 0.3) is 0 Å². The lowest BCUT2D eigenvalue weighted by Gasteiger charge is -2.39. The minimum Gasteiger partial charge on any atom is -0.497 e. The maximum absolute atomic E-state index is 13.1. The fraction of sp³-hybridized carbons (Fsp3) is 0.333. The number of piperazine rings is 1. The van der Waals surface area contributed by atoms with Crippen LogP contribution in [0.2, 0.25) is 0 Å². The maximum Gasteiger partial charge on any atom is 0.243 e. The van der Waals surface area contributed by atoms with Gasteiger partial charge in [-0.25, -0.2) is 8.42 Å². The molecule has 3 rings (SSSR count). The van der Waals surface area contributed by atoms with Crippen LogP contribution < -0.4 is 4.74 Å². The molecule has 2 aromatic carbocycles. The van der Waals surface area contributed by atoms with E-state index < -0.39 is 10.0 Å². The highest BCUT2D eigenvalue weighted by atomic mass is 32.2. The third-order valence-electron chi connectivity index (χ3n) is 4.38. The van der Waals surface area contributed by atoms with Crippen molar-refractivity contribution in [3.05, 3.63) is 60.2 Å². The molecule has 0 spiro atoms. The molecule has 1 fully saturated rings. The van der Waals surface area contributed by atoms with Crippen molar-refractivity contribution in [3.8, 4) is 5.75 Å². The molecule has 0 aliphatic carbocycles. The van der Waals surface area contributed by atoms with Gasteiger partial charge in [-0.15, -0.1) is 0 Å². The van der Waals surface area contributed by atoms with Crippen molar-refractivity contribution in [1.29, 1.82) is 0 Å². The fourth-order valence-electron chi connectivity index (χ4n) is 3.02. The average Bonchev–Trinajstić information content (AvgIpc) is 2.62. The van der Waals surface area contributed by atoms with Gasteiger partial charge >= 0.3 is 0 Å². The topological polar surface area (TPSA) is 49.9 Å². The van der Waals surface area contributed by atoms with Crippen LogP contribution in [0.15, 0.2) is 59.5 Å². The zero-order valence-corrected chi connectivity index (χ0v) is 14.7. The lowest BCUT2D eigenvalue weighted by molar-refractivity contribution is 0.160. The van der Waals surface area contributed by atoms with E-state index in [4.69, 9.17) is 4.74 Å². The molecule has 1 heterocycles. The van der Waals surface area contributed by atoms with E-state index in [1.165, 1.54) is 0 Å². The van der Waals surface area contributed by atoms with Gasteiger partial charge in [-0.2, -0.15) is 4.31 Å².